The quantitative estimate of drug-likeness (QED) is 0.353. The monoisotopic (exact) mass is 523 g/mol. The minimum absolute atomic E-state index is 0.244. The summed E-state index contributed by atoms with van der Waals surface area (Å²) >= 11 is 1.35. The molecule has 4 atom stereocenters. The molecule has 4 aliphatic rings. The third kappa shape index (κ3) is 4.38. The average Bonchev–Trinajstić information content (AvgIpc) is 3.37. The van der Waals surface area contributed by atoms with Gasteiger partial charge in [0.1, 0.15) is 6.04 Å². The number of carbonyl (C=O) groups excluding carboxylic acids is 1. The molecule has 3 aromatic rings. The fourth-order valence-electron chi connectivity index (χ4n) is 5.65. The van der Waals surface area contributed by atoms with E-state index in [1.54, 1.807) is 16.5 Å². The summed E-state index contributed by atoms with van der Waals surface area (Å²) in [7, 11) is 2.15. The highest BCUT2D eigenvalue weighted by Crippen LogP contribution is 2.40. The first-order chi connectivity index (χ1) is 18.0. The minimum atomic E-state index is -0.674. The number of rotatable bonds is 7. The smallest absolute Gasteiger partial charge is 0.249 e. The van der Waals surface area contributed by atoms with Crippen LogP contribution in [0.3, 0.4) is 0 Å². The summed E-state index contributed by atoms with van der Waals surface area (Å²) in [5.41, 5.74) is 1.11. The number of anilines is 5. The topological polar surface area (TPSA) is 151 Å². The molecule has 4 N–H and O–H groups in total. The Hall–Kier alpha value is -3.36. The summed E-state index contributed by atoms with van der Waals surface area (Å²) in [5.74, 6) is 2.25. The molecule has 37 heavy (non-hydrogen) atoms. The number of aromatic nitrogens is 6. The number of H-pyrrole nitrogens is 1. The number of piperazine rings is 1. The third-order valence-corrected chi connectivity index (χ3v) is 8.43. The number of likely N-dealkylation sites (tertiary alicyclic amines) is 1. The Morgan fingerprint density at radius 1 is 1.11 bits per heavy atom. The van der Waals surface area contributed by atoms with Crippen LogP contribution in [0.1, 0.15) is 37.3 Å². The SMILES string of the molecule is CN1CC2CC1CN2c1nc(Nc2cc(C3CC3)[nH]n2)nc(N2C[C@@H](O)C[C@H]2C(=O)Nc2nccs2)n1. The summed E-state index contributed by atoms with van der Waals surface area (Å²) in [6.07, 6.45) is 4.68. The number of hydrogen-bond acceptors (Lipinski definition) is 12. The molecule has 3 aromatic heterocycles. The van der Waals surface area contributed by atoms with E-state index in [1.165, 1.54) is 24.2 Å². The Labute approximate surface area is 217 Å². The molecular formula is C23H29N11O2S. The molecule has 2 bridgehead atoms. The van der Waals surface area contributed by atoms with Gasteiger partial charge in [-0.1, -0.05) is 0 Å². The van der Waals surface area contributed by atoms with Crippen molar-refractivity contribution in [3.63, 3.8) is 0 Å². The lowest BCUT2D eigenvalue weighted by atomic mass is 10.2. The van der Waals surface area contributed by atoms with Gasteiger partial charge in [0.15, 0.2) is 10.9 Å². The number of fused-ring (bicyclic) bond motifs is 2. The number of likely N-dealkylation sites (N-methyl/N-ethyl adjacent to an activating group) is 1. The number of thiazole rings is 1. The predicted molar refractivity (Wildman–Crippen MR) is 138 cm³/mol. The third-order valence-electron chi connectivity index (χ3n) is 7.74. The van der Waals surface area contributed by atoms with Gasteiger partial charge in [0.25, 0.3) is 0 Å². The van der Waals surface area contributed by atoms with Crippen LogP contribution in [0.4, 0.5) is 28.8 Å². The van der Waals surface area contributed by atoms with Crippen LogP contribution in [0, 0.1) is 0 Å². The number of nitrogens with zero attached hydrogens (tertiary/aromatic N) is 8. The van der Waals surface area contributed by atoms with E-state index in [0.717, 1.165) is 25.2 Å². The van der Waals surface area contributed by atoms with E-state index < -0.39 is 12.1 Å². The molecule has 2 unspecified atom stereocenters. The zero-order valence-electron chi connectivity index (χ0n) is 20.4. The second-order valence-electron chi connectivity index (χ2n) is 10.4. The number of aliphatic hydroxyl groups excluding tert-OH is 1. The number of nitrogens with one attached hydrogen (secondary N) is 3. The van der Waals surface area contributed by atoms with Gasteiger partial charge in [-0.2, -0.15) is 20.1 Å². The van der Waals surface area contributed by atoms with Gasteiger partial charge < -0.3 is 25.5 Å². The fourth-order valence-corrected chi connectivity index (χ4v) is 6.19. The lowest BCUT2D eigenvalue weighted by Gasteiger charge is -2.32. The van der Waals surface area contributed by atoms with E-state index in [1.807, 2.05) is 6.07 Å². The van der Waals surface area contributed by atoms with Crippen LogP contribution in [0.15, 0.2) is 17.6 Å². The van der Waals surface area contributed by atoms with Crippen molar-refractivity contribution in [1.82, 2.24) is 35.0 Å². The zero-order chi connectivity index (χ0) is 25.1. The van der Waals surface area contributed by atoms with Crippen LogP contribution in [-0.4, -0.2) is 97.0 Å². The fraction of sp³-hybridized carbons (Fsp3) is 0.565. The highest BCUT2D eigenvalue weighted by Gasteiger charge is 2.44. The Balaban J connectivity index is 1.20. The predicted octanol–water partition coefficient (Wildman–Crippen LogP) is 1.14. The van der Waals surface area contributed by atoms with E-state index in [2.05, 4.69) is 42.7 Å². The largest absolute Gasteiger partial charge is 0.391 e. The molecule has 1 saturated carbocycles. The van der Waals surface area contributed by atoms with Crippen molar-refractivity contribution in [2.24, 2.45) is 0 Å². The molecule has 7 rings (SSSR count). The molecule has 3 aliphatic heterocycles. The molecule has 0 radical (unpaired) electrons. The number of β-amino-alcohol motifs (C(OH)–C–C–N with tert-alkyl or cyclic N) is 1. The van der Waals surface area contributed by atoms with Gasteiger partial charge in [-0.15, -0.1) is 11.3 Å². The lowest BCUT2D eigenvalue weighted by molar-refractivity contribution is -0.117. The summed E-state index contributed by atoms with van der Waals surface area (Å²) < 4.78 is 0. The van der Waals surface area contributed by atoms with E-state index in [4.69, 9.17) is 15.0 Å². The second-order valence-corrected chi connectivity index (χ2v) is 11.3. The zero-order valence-corrected chi connectivity index (χ0v) is 21.2. The molecule has 14 heteroatoms. The molecule has 1 amide bonds. The maximum Gasteiger partial charge on any atom is 0.249 e. The summed E-state index contributed by atoms with van der Waals surface area (Å²) in [6.45, 7) is 2.05. The van der Waals surface area contributed by atoms with E-state index in [0.29, 0.717) is 46.8 Å². The maximum absolute atomic E-state index is 13.2. The molecular weight excluding hydrogens is 494 g/mol. The van der Waals surface area contributed by atoms with Gasteiger partial charge in [-0.25, -0.2) is 4.98 Å². The number of hydrogen-bond donors (Lipinski definition) is 4. The molecule has 3 saturated heterocycles. The van der Waals surface area contributed by atoms with Crippen LogP contribution < -0.4 is 20.4 Å². The Morgan fingerprint density at radius 3 is 2.65 bits per heavy atom. The standard InChI is InChI=1S/C23H29N11O2S/c1-32-9-14-6-13(32)10-33(14)21-27-20(25-18-8-16(30-31-18)12-2-3-12)28-22(29-21)34-11-15(35)7-17(34)19(36)26-23-24-4-5-37-23/h4-5,8,12-15,17,35H,2-3,6-7,9-11H2,1H3,(H,24,26,36)(H2,25,27,28,29,30,31)/t13?,14?,15-,17-/m0/s1. The molecule has 0 spiro atoms. The van der Waals surface area contributed by atoms with Crippen LogP contribution >= 0.6 is 11.3 Å². The van der Waals surface area contributed by atoms with Crippen molar-refractivity contribution < 1.29 is 9.90 Å². The maximum atomic E-state index is 13.2. The average molecular weight is 524 g/mol. The summed E-state index contributed by atoms with van der Waals surface area (Å²) in [5, 5.41) is 26.4. The number of amides is 1. The number of aromatic amines is 1. The first-order valence-electron chi connectivity index (χ1n) is 12.7. The van der Waals surface area contributed by atoms with E-state index in [9.17, 15) is 9.90 Å². The number of carbonyl (C=O) groups is 1. The lowest BCUT2D eigenvalue weighted by Crippen LogP contribution is -2.46. The molecule has 4 fully saturated rings. The van der Waals surface area contributed by atoms with Gasteiger partial charge in [-0.05, 0) is 26.3 Å². The molecule has 0 aromatic carbocycles. The van der Waals surface area contributed by atoms with Gasteiger partial charge in [-0.3, -0.25) is 14.8 Å². The minimum Gasteiger partial charge on any atom is -0.391 e. The van der Waals surface area contributed by atoms with Crippen LogP contribution in [-0.2, 0) is 4.79 Å². The highest BCUT2D eigenvalue weighted by molar-refractivity contribution is 7.13. The Bertz CT molecular complexity index is 1290. The Kier molecular flexibility index (Phi) is 5.48. The first kappa shape index (κ1) is 22.8. The molecule has 194 valence electrons. The van der Waals surface area contributed by atoms with Gasteiger partial charge in [0.05, 0.1) is 6.10 Å². The summed E-state index contributed by atoms with van der Waals surface area (Å²) in [6, 6.07) is 2.17. The van der Waals surface area contributed by atoms with Crippen molar-refractivity contribution in [2.75, 3.05) is 47.1 Å². The highest BCUT2D eigenvalue weighted by atomic mass is 32.1. The van der Waals surface area contributed by atoms with Gasteiger partial charge in [0.2, 0.25) is 23.8 Å². The van der Waals surface area contributed by atoms with E-state index in [-0.39, 0.29) is 18.9 Å². The van der Waals surface area contributed by atoms with Crippen LogP contribution in [0.25, 0.3) is 0 Å². The Morgan fingerprint density at radius 2 is 1.95 bits per heavy atom. The summed E-state index contributed by atoms with van der Waals surface area (Å²) in [4.78, 5) is 38.0. The van der Waals surface area contributed by atoms with Crippen LogP contribution in [0.2, 0.25) is 0 Å². The molecule has 6 heterocycles. The van der Waals surface area contributed by atoms with Crippen molar-refractivity contribution in [3.8, 4) is 0 Å². The van der Waals surface area contributed by atoms with Gasteiger partial charge >= 0.3 is 0 Å². The number of aliphatic hydroxyl groups is 1. The molecule has 1 aliphatic carbocycles. The molecule has 13 nitrogen and oxygen atoms in total. The second kappa shape index (κ2) is 8.89. The van der Waals surface area contributed by atoms with Crippen molar-refractivity contribution in [2.45, 2.75) is 55.8 Å². The van der Waals surface area contributed by atoms with Crippen molar-refractivity contribution in [3.05, 3.63) is 23.3 Å². The van der Waals surface area contributed by atoms with Crippen LogP contribution in [0.5, 0.6) is 0 Å². The van der Waals surface area contributed by atoms with E-state index >= 15 is 0 Å². The first-order valence-corrected chi connectivity index (χ1v) is 13.6. The van der Waals surface area contributed by atoms with Crippen molar-refractivity contribution >= 4 is 46.0 Å². The van der Waals surface area contributed by atoms with Gasteiger partial charge in [0, 0.05) is 67.4 Å². The normalized spacial score (nSPS) is 27.3. The van der Waals surface area contributed by atoms with Crippen molar-refractivity contribution in [1.29, 1.82) is 0 Å².